The number of hydrogen-bond acceptors (Lipinski definition) is 2. The molecule has 0 aliphatic heterocycles. The van der Waals surface area contributed by atoms with Crippen LogP contribution in [-0.4, -0.2) is 23.7 Å². The highest BCUT2D eigenvalue weighted by Crippen LogP contribution is 2.41. The summed E-state index contributed by atoms with van der Waals surface area (Å²) >= 11 is 0. The summed E-state index contributed by atoms with van der Waals surface area (Å²) in [5.41, 5.74) is 16.1. The Morgan fingerprint density at radius 2 is 0.638 bits per heavy atom. The monoisotopic (exact) mass is 877 g/mol. The molecule has 4 aromatic heterocycles. The third-order valence-electron chi connectivity index (χ3n) is 14.3. The van der Waals surface area contributed by atoms with Gasteiger partial charge in [0, 0.05) is 60.5 Å². The van der Waals surface area contributed by atoms with Crippen LogP contribution in [0.2, 0.25) is 0 Å². The van der Waals surface area contributed by atoms with Crippen LogP contribution in [0.3, 0.4) is 0 Å². The van der Waals surface area contributed by atoms with Crippen LogP contribution < -0.4 is 0 Å². The average molecular weight is 878 g/mol. The first-order chi connectivity index (χ1) is 34.2. The molecule has 15 rings (SSSR count). The van der Waals surface area contributed by atoms with Gasteiger partial charge in [-0.05, 0) is 125 Å². The molecule has 0 amide bonds. The van der Waals surface area contributed by atoms with E-state index in [1.54, 1.807) is 0 Å². The summed E-state index contributed by atoms with van der Waals surface area (Å²) < 4.78 is 7.18. The first kappa shape index (κ1) is 37.9. The zero-order valence-electron chi connectivity index (χ0n) is 37.3. The van der Waals surface area contributed by atoms with E-state index in [-0.39, 0.29) is 0 Å². The fourth-order valence-electron chi connectivity index (χ4n) is 11.2. The van der Waals surface area contributed by atoms with Crippen molar-refractivity contribution in [2.45, 2.75) is 0 Å². The molecule has 69 heavy (non-hydrogen) atoms. The molecule has 0 aliphatic rings. The molecule has 5 heteroatoms. The Morgan fingerprint density at radius 3 is 1.25 bits per heavy atom. The second-order valence-corrected chi connectivity index (χ2v) is 18.2. The first-order valence-electron chi connectivity index (χ1n) is 23.6. The first-order valence-corrected chi connectivity index (χ1v) is 23.6. The smallest absolute Gasteiger partial charge is 0.0973 e. The molecule has 0 spiro atoms. The van der Waals surface area contributed by atoms with E-state index in [1.165, 1.54) is 70.7 Å². The van der Waals surface area contributed by atoms with Crippen molar-refractivity contribution in [2.75, 3.05) is 0 Å². The average Bonchev–Trinajstić information content (AvgIpc) is 4.05. The van der Waals surface area contributed by atoms with Gasteiger partial charge >= 0.3 is 0 Å². The summed E-state index contributed by atoms with van der Waals surface area (Å²) in [5, 5.41) is 12.1. The molecule has 0 saturated heterocycles. The van der Waals surface area contributed by atoms with E-state index in [4.69, 9.17) is 9.97 Å². The van der Waals surface area contributed by atoms with Gasteiger partial charge < -0.3 is 13.7 Å². The number of para-hydroxylation sites is 7. The normalized spacial score (nSPS) is 12.1. The van der Waals surface area contributed by atoms with Crippen LogP contribution in [0.5, 0.6) is 0 Å². The van der Waals surface area contributed by atoms with Crippen LogP contribution in [0.1, 0.15) is 0 Å². The van der Waals surface area contributed by atoms with E-state index in [0.717, 1.165) is 66.9 Å². The number of benzene rings is 11. The number of rotatable bonds is 5. The van der Waals surface area contributed by atoms with Crippen molar-refractivity contribution in [3.8, 4) is 39.6 Å². The summed E-state index contributed by atoms with van der Waals surface area (Å²) in [6, 6.07) is 85.6. The van der Waals surface area contributed by atoms with Gasteiger partial charge in [-0.15, -0.1) is 0 Å². The SMILES string of the molecule is c1ccc(-n2c3ccccc3c3cc(-c4nc5ccccc5nc4-c4ccc5cc(-n6c7ccccc7c7cc8cc(-n9c%10ccccc%10c%10ccccc%109)ccc8cc76)ccc5c4)ccc32)cc1. The molecule has 0 unspecified atom stereocenters. The molecule has 5 nitrogen and oxygen atoms in total. The lowest BCUT2D eigenvalue weighted by Gasteiger charge is -2.13. The minimum Gasteiger partial charge on any atom is -0.309 e. The minimum atomic E-state index is 0.862. The molecule has 4 heterocycles. The Bertz CT molecular complexity index is 4560. The summed E-state index contributed by atoms with van der Waals surface area (Å²) in [5.74, 6) is 0. The molecule has 0 radical (unpaired) electrons. The van der Waals surface area contributed by atoms with Gasteiger partial charge in [0.15, 0.2) is 0 Å². The van der Waals surface area contributed by atoms with Gasteiger partial charge in [0.25, 0.3) is 0 Å². The van der Waals surface area contributed by atoms with Crippen LogP contribution in [-0.2, 0) is 0 Å². The van der Waals surface area contributed by atoms with E-state index in [0.29, 0.717) is 0 Å². The lowest BCUT2D eigenvalue weighted by Crippen LogP contribution is -1.97. The standard InChI is InChI=1S/C64H39N5/c1-2-14-46(15-3-1)67-59-24-12-6-18-51(59)53-37-44(30-33-61(53)67)64-63(65-55-20-8-9-21-56(55)66-64)43-27-26-41-35-47(31-28-40(41)34-43)69-60-25-13-7-19-52(60)54-38-45-36-48(32-29-42(45)39-62(54)69)68-57-22-10-4-16-49(57)50-17-5-11-23-58(50)68/h1-39H. The molecular weight excluding hydrogens is 839 g/mol. The molecular formula is C64H39N5. The van der Waals surface area contributed by atoms with Gasteiger partial charge in [-0.3, -0.25) is 0 Å². The van der Waals surface area contributed by atoms with Crippen LogP contribution in [0, 0.1) is 0 Å². The lowest BCUT2D eigenvalue weighted by molar-refractivity contribution is 1.18. The number of hydrogen-bond donors (Lipinski definition) is 0. The van der Waals surface area contributed by atoms with Crippen LogP contribution in [0.15, 0.2) is 237 Å². The van der Waals surface area contributed by atoms with Crippen molar-refractivity contribution < 1.29 is 0 Å². The quantitative estimate of drug-likeness (QED) is 0.173. The largest absolute Gasteiger partial charge is 0.309 e. The Labute approximate surface area is 396 Å². The number of nitrogens with zero attached hydrogens (tertiary/aromatic N) is 5. The van der Waals surface area contributed by atoms with Gasteiger partial charge in [0.2, 0.25) is 0 Å². The van der Waals surface area contributed by atoms with E-state index in [1.807, 2.05) is 12.1 Å². The van der Waals surface area contributed by atoms with E-state index in [9.17, 15) is 0 Å². The highest BCUT2D eigenvalue weighted by molar-refractivity contribution is 6.15. The van der Waals surface area contributed by atoms with Gasteiger partial charge in [0.05, 0.1) is 55.5 Å². The third kappa shape index (κ3) is 5.71. The predicted molar refractivity (Wildman–Crippen MR) is 288 cm³/mol. The number of aromatic nitrogens is 5. The van der Waals surface area contributed by atoms with Crippen molar-refractivity contribution in [3.63, 3.8) is 0 Å². The van der Waals surface area contributed by atoms with E-state index < -0.39 is 0 Å². The van der Waals surface area contributed by atoms with Crippen LogP contribution in [0.4, 0.5) is 0 Å². The molecule has 0 atom stereocenters. The Kier molecular flexibility index (Phi) is 8.00. The van der Waals surface area contributed by atoms with Crippen molar-refractivity contribution in [1.29, 1.82) is 0 Å². The highest BCUT2D eigenvalue weighted by Gasteiger charge is 2.20. The van der Waals surface area contributed by atoms with Crippen molar-refractivity contribution in [1.82, 2.24) is 23.7 Å². The fraction of sp³-hybridized carbons (Fsp3) is 0. The maximum absolute atomic E-state index is 5.35. The zero-order chi connectivity index (χ0) is 45.2. The molecule has 0 saturated carbocycles. The Morgan fingerprint density at radius 1 is 0.232 bits per heavy atom. The molecule has 0 bridgehead atoms. The zero-order valence-corrected chi connectivity index (χ0v) is 37.3. The lowest BCUT2D eigenvalue weighted by atomic mass is 9.99. The molecule has 15 aromatic rings. The molecule has 0 fully saturated rings. The van der Waals surface area contributed by atoms with Gasteiger partial charge in [-0.2, -0.15) is 0 Å². The Hall–Kier alpha value is -9.32. The minimum absolute atomic E-state index is 0.862. The van der Waals surface area contributed by atoms with Gasteiger partial charge in [-0.1, -0.05) is 133 Å². The maximum atomic E-state index is 5.35. The summed E-state index contributed by atoms with van der Waals surface area (Å²) in [6.45, 7) is 0. The molecule has 320 valence electrons. The van der Waals surface area contributed by atoms with E-state index in [2.05, 4.69) is 238 Å². The molecule has 11 aromatic carbocycles. The van der Waals surface area contributed by atoms with Crippen molar-refractivity contribution >= 4 is 98.0 Å². The highest BCUT2D eigenvalue weighted by atomic mass is 15.0. The molecule has 0 N–H and O–H groups in total. The van der Waals surface area contributed by atoms with Gasteiger partial charge in [0.1, 0.15) is 0 Å². The number of fused-ring (bicyclic) bond motifs is 12. The third-order valence-corrected chi connectivity index (χ3v) is 14.3. The summed E-state index contributed by atoms with van der Waals surface area (Å²) in [6.07, 6.45) is 0. The van der Waals surface area contributed by atoms with Gasteiger partial charge in [-0.25, -0.2) is 9.97 Å². The summed E-state index contributed by atoms with van der Waals surface area (Å²) in [4.78, 5) is 10.7. The van der Waals surface area contributed by atoms with Crippen molar-refractivity contribution in [2.24, 2.45) is 0 Å². The van der Waals surface area contributed by atoms with Crippen LogP contribution in [0.25, 0.3) is 138 Å². The topological polar surface area (TPSA) is 40.6 Å². The van der Waals surface area contributed by atoms with Crippen molar-refractivity contribution in [3.05, 3.63) is 237 Å². The molecule has 0 aliphatic carbocycles. The second kappa shape index (κ2) is 14.6. The summed E-state index contributed by atoms with van der Waals surface area (Å²) in [7, 11) is 0. The Balaban J connectivity index is 0.855. The second-order valence-electron chi connectivity index (χ2n) is 18.2. The van der Waals surface area contributed by atoms with E-state index >= 15 is 0 Å². The predicted octanol–water partition coefficient (Wildman–Crippen LogP) is 16.6. The fourth-order valence-corrected chi connectivity index (χ4v) is 11.2. The van der Waals surface area contributed by atoms with Crippen LogP contribution >= 0.6 is 0 Å². The maximum Gasteiger partial charge on any atom is 0.0973 e.